The molecule has 59 heavy (non-hydrogen) atoms. The van der Waals surface area contributed by atoms with Crippen LogP contribution < -0.4 is 36.6 Å². The van der Waals surface area contributed by atoms with Crippen molar-refractivity contribution in [3.63, 3.8) is 0 Å². The van der Waals surface area contributed by atoms with Gasteiger partial charge in [0.15, 0.2) is 0 Å². The molecule has 2 aliphatic rings. The predicted octanol–water partition coefficient (Wildman–Crippen LogP) is 11.5. The van der Waals surface area contributed by atoms with Gasteiger partial charge in [-0.2, -0.15) is 18.2 Å². The van der Waals surface area contributed by atoms with Crippen LogP contribution >= 0.6 is 15.8 Å². The van der Waals surface area contributed by atoms with E-state index in [0.717, 1.165) is 18.8 Å². The second kappa shape index (κ2) is 23.5. The van der Waals surface area contributed by atoms with Crippen molar-refractivity contribution in [3.8, 4) is 5.75 Å². The van der Waals surface area contributed by atoms with Gasteiger partial charge in [0.1, 0.15) is 5.75 Å². The number of hydrogen-bond acceptors (Lipinski definition) is 1. The first-order valence-corrected chi connectivity index (χ1v) is 22.6. The van der Waals surface area contributed by atoms with Gasteiger partial charge < -0.3 is 4.74 Å². The van der Waals surface area contributed by atoms with Crippen LogP contribution in [0.1, 0.15) is 24.8 Å². The molecule has 8 aromatic rings. The van der Waals surface area contributed by atoms with Gasteiger partial charge in [0.25, 0.3) is 0 Å². The molecule has 0 aromatic heterocycles. The van der Waals surface area contributed by atoms with E-state index in [4.69, 9.17) is 4.74 Å². The van der Waals surface area contributed by atoms with Gasteiger partial charge in [-0.05, 0) is 78.6 Å². The molecule has 4 heteroatoms. The average molecular weight is 889 g/mol. The zero-order chi connectivity index (χ0) is 39.6. The standard InChI is InChI=1S/2C18H15P.C14H14O.C5H5.Ru/c2*1-4-10-16(11-5-1)19(17-12-6-2-7-13-17)18-14-8-3-9-15-18;1-10-5-4-7-11-12-6-2-3-8-14(12)15-9-13(10)11;1-2-4-5-3-1;/h2*1-15H;2-3,5-6,8,11,13H,7,9H2,1H3;1-5H;/q;;;-1;+2. The monoisotopic (exact) mass is 889 g/mol. The Hall–Kier alpha value is -5.09. The van der Waals surface area contributed by atoms with Crippen LogP contribution in [0.25, 0.3) is 0 Å². The second-order valence-corrected chi connectivity index (χ2v) is 18.4. The summed E-state index contributed by atoms with van der Waals surface area (Å²) in [6.07, 6.45) is 6.51. The van der Waals surface area contributed by atoms with E-state index >= 15 is 0 Å². The molecule has 2 atom stereocenters. The van der Waals surface area contributed by atoms with E-state index in [1.54, 1.807) is 0 Å². The normalized spacial score (nSPS) is 14.7. The number of fused-ring (bicyclic) bond motifs is 3. The van der Waals surface area contributed by atoms with Crippen molar-refractivity contribution in [3.05, 3.63) is 260 Å². The van der Waals surface area contributed by atoms with Gasteiger partial charge in [-0.15, -0.1) is 0 Å². The van der Waals surface area contributed by atoms with Crippen molar-refractivity contribution in [1.29, 1.82) is 0 Å². The topological polar surface area (TPSA) is 9.23 Å². The van der Waals surface area contributed by atoms with Crippen molar-refractivity contribution < 1.29 is 24.2 Å². The third kappa shape index (κ3) is 12.2. The van der Waals surface area contributed by atoms with E-state index in [1.165, 1.54) is 43.0 Å². The number of benzene rings is 7. The number of rotatable bonds is 6. The Bertz CT molecular complexity index is 2030. The molecule has 0 fully saturated rings. The van der Waals surface area contributed by atoms with Crippen LogP contribution in [-0.2, 0) is 19.5 Å². The van der Waals surface area contributed by atoms with Gasteiger partial charge in [0.05, 0.1) is 6.61 Å². The molecular weight excluding hydrogens is 840 g/mol. The molecule has 10 rings (SSSR count). The minimum Gasteiger partial charge on any atom is -0.493 e. The average Bonchev–Trinajstić information content (AvgIpc) is 3.91. The Morgan fingerprint density at radius 1 is 0.441 bits per heavy atom. The largest absolute Gasteiger partial charge is 2.00 e. The first-order valence-electron chi connectivity index (χ1n) is 20.0. The van der Waals surface area contributed by atoms with Crippen LogP contribution in [0.3, 0.4) is 0 Å². The quantitative estimate of drug-likeness (QED) is 0.0918. The van der Waals surface area contributed by atoms with Gasteiger partial charge in [0, 0.05) is 12.3 Å². The minimum atomic E-state index is -0.446. The van der Waals surface area contributed by atoms with Crippen LogP contribution in [0, 0.1) is 12.3 Å². The molecule has 2 unspecified atom stereocenters. The zero-order valence-electron chi connectivity index (χ0n) is 33.3. The molecule has 1 heterocycles. The third-order valence-corrected chi connectivity index (χ3v) is 15.0. The van der Waals surface area contributed by atoms with Crippen LogP contribution in [-0.4, -0.2) is 6.61 Å². The molecule has 0 bridgehead atoms. The first-order chi connectivity index (χ1) is 28.8. The van der Waals surface area contributed by atoms with Gasteiger partial charge in [-0.3, -0.25) is 0 Å². The van der Waals surface area contributed by atoms with Crippen molar-refractivity contribution in [2.24, 2.45) is 5.92 Å². The maximum atomic E-state index is 5.79. The number of ether oxygens (including phenoxy) is 1. The van der Waals surface area contributed by atoms with Crippen molar-refractivity contribution in [2.45, 2.75) is 19.3 Å². The van der Waals surface area contributed by atoms with Gasteiger partial charge in [-0.1, -0.05) is 212 Å². The predicted molar refractivity (Wildman–Crippen MR) is 252 cm³/mol. The van der Waals surface area contributed by atoms with E-state index in [9.17, 15) is 0 Å². The van der Waals surface area contributed by atoms with Crippen LogP contribution in [0.5, 0.6) is 5.75 Å². The maximum Gasteiger partial charge on any atom is 2.00 e. The number of hydrogen-bond donors (Lipinski definition) is 0. The van der Waals surface area contributed by atoms with E-state index in [-0.39, 0.29) is 19.5 Å². The Morgan fingerprint density at radius 3 is 1.12 bits per heavy atom. The number of allylic oxidation sites excluding steroid dienone is 1. The summed E-state index contributed by atoms with van der Waals surface area (Å²) in [6, 6.07) is 83.0. The van der Waals surface area contributed by atoms with Crippen molar-refractivity contribution in [1.82, 2.24) is 0 Å². The summed E-state index contributed by atoms with van der Waals surface area (Å²) in [5, 5.41) is 8.39. The molecule has 0 spiro atoms. The molecule has 0 saturated heterocycles. The smallest absolute Gasteiger partial charge is 0.493 e. The summed E-state index contributed by atoms with van der Waals surface area (Å²) in [4.78, 5) is 0. The fourth-order valence-electron chi connectivity index (χ4n) is 7.26. The minimum absolute atomic E-state index is 0. The van der Waals surface area contributed by atoms with Crippen molar-refractivity contribution >= 4 is 47.7 Å². The fraction of sp³-hybridized carbons (Fsp3) is 0.0909. The van der Waals surface area contributed by atoms with E-state index in [2.05, 4.69) is 220 Å². The van der Waals surface area contributed by atoms with Gasteiger partial charge in [-0.25, -0.2) is 12.1 Å². The summed E-state index contributed by atoms with van der Waals surface area (Å²) in [5.74, 6) is 2.20. The summed E-state index contributed by atoms with van der Waals surface area (Å²) < 4.78 is 5.79. The molecule has 292 valence electrons. The summed E-state index contributed by atoms with van der Waals surface area (Å²) in [6.45, 7) is 3.01. The Kier molecular flexibility index (Phi) is 17.3. The third-order valence-electron chi connectivity index (χ3n) is 10.1. The first kappa shape index (κ1) is 43.5. The summed E-state index contributed by atoms with van der Waals surface area (Å²) in [7, 11) is -0.892. The summed E-state index contributed by atoms with van der Waals surface area (Å²) >= 11 is 0. The number of para-hydroxylation sites is 1. The second-order valence-electron chi connectivity index (χ2n) is 14.0. The SMILES string of the molecule is CC1=C[C]CC2c3ccccc3OCC12.[Ru+2].c1cc[cH-]c1.c1ccc(P(c2ccccc2)c2ccccc2)cc1.c1ccc(P(c2ccccc2)c2ccccc2)cc1. The Morgan fingerprint density at radius 2 is 0.780 bits per heavy atom. The van der Waals surface area contributed by atoms with E-state index in [0.29, 0.717) is 11.8 Å². The van der Waals surface area contributed by atoms with Crippen LogP contribution in [0.15, 0.2) is 248 Å². The van der Waals surface area contributed by atoms with E-state index < -0.39 is 15.8 Å². The van der Waals surface area contributed by atoms with Gasteiger partial charge in [0.2, 0.25) is 0 Å². The maximum absolute atomic E-state index is 5.79. The molecule has 0 N–H and O–H groups in total. The zero-order valence-corrected chi connectivity index (χ0v) is 36.8. The molecule has 2 radical (unpaired) electrons. The molecule has 0 saturated carbocycles. The molecular formula is C55H49OP2Ru+. The van der Waals surface area contributed by atoms with Crippen LogP contribution in [0.2, 0.25) is 0 Å². The van der Waals surface area contributed by atoms with E-state index in [1.807, 2.05) is 36.4 Å². The molecule has 1 aliphatic carbocycles. The summed E-state index contributed by atoms with van der Waals surface area (Å²) in [5.41, 5.74) is 2.76. The molecule has 8 aromatic carbocycles. The fourth-order valence-corrected chi connectivity index (χ4v) is 11.9. The molecule has 1 aliphatic heterocycles. The Balaban J connectivity index is 0.000000140. The molecule has 0 amide bonds. The Labute approximate surface area is 367 Å². The van der Waals surface area contributed by atoms with Gasteiger partial charge >= 0.3 is 19.5 Å². The molecule has 1 nitrogen and oxygen atoms in total. The van der Waals surface area contributed by atoms with Crippen molar-refractivity contribution in [2.75, 3.05) is 6.61 Å². The van der Waals surface area contributed by atoms with Crippen LogP contribution in [0.4, 0.5) is 0 Å².